The van der Waals surface area contributed by atoms with E-state index >= 15 is 0 Å². The fourth-order valence-electron chi connectivity index (χ4n) is 3.15. The number of nitrogens with one attached hydrogen (secondary N) is 1. The van der Waals surface area contributed by atoms with Crippen molar-refractivity contribution in [2.75, 3.05) is 13.2 Å². The minimum absolute atomic E-state index is 0.0241. The van der Waals surface area contributed by atoms with E-state index in [1.807, 2.05) is 0 Å². The minimum atomic E-state index is -0.768. The second kappa shape index (κ2) is 6.23. The Bertz CT molecular complexity index is 348. The molecule has 108 valence electrons. The van der Waals surface area contributed by atoms with Crippen molar-refractivity contribution < 1.29 is 19.8 Å². The summed E-state index contributed by atoms with van der Waals surface area (Å²) in [5.74, 6) is -1.09. The Balaban J connectivity index is 1.82. The lowest BCUT2D eigenvalue weighted by atomic mass is 10.1. The molecule has 2 aliphatic rings. The van der Waals surface area contributed by atoms with Crippen LogP contribution in [0.1, 0.15) is 38.5 Å². The van der Waals surface area contributed by atoms with Gasteiger partial charge in [-0.05, 0) is 38.5 Å². The van der Waals surface area contributed by atoms with Crippen LogP contribution < -0.4 is 5.32 Å². The van der Waals surface area contributed by atoms with Crippen LogP contribution in [0.4, 0.5) is 4.79 Å². The molecule has 0 bridgehead atoms. The number of urea groups is 1. The number of nitrogens with zero attached hydrogens (tertiary/aromatic N) is 1. The van der Waals surface area contributed by atoms with Gasteiger partial charge in [0.2, 0.25) is 0 Å². The number of amides is 2. The zero-order valence-electron chi connectivity index (χ0n) is 11.0. The molecular formula is C13H22N2O4. The molecule has 1 heterocycles. The van der Waals surface area contributed by atoms with Crippen LogP contribution in [0.25, 0.3) is 0 Å². The second-order valence-electron chi connectivity index (χ2n) is 5.50. The van der Waals surface area contributed by atoms with Crippen LogP contribution in [0, 0.1) is 5.92 Å². The summed E-state index contributed by atoms with van der Waals surface area (Å²) in [5, 5.41) is 20.9. The molecule has 0 radical (unpaired) electrons. The van der Waals surface area contributed by atoms with E-state index < -0.39 is 5.97 Å². The van der Waals surface area contributed by atoms with E-state index in [-0.39, 0.29) is 30.6 Å². The molecule has 3 N–H and O–H groups in total. The Morgan fingerprint density at radius 2 is 2.05 bits per heavy atom. The highest BCUT2D eigenvalue weighted by atomic mass is 16.4. The molecule has 2 rings (SSSR count). The number of aliphatic hydroxyl groups is 1. The molecule has 1 aliphatic heterocycles. The topological polar surface area (TPSA) is 89.9 Å². The number of likely N-dealkylation sites (tertiary alicyclic amines) is 1. The normalized spacial score (nSPS) is 30.6. The summed E-state index contributed by atoms with van der Waals surface area (Å²) in [6.07, 6.45) is 4.44. The molecule has 0 aromatic rings. The summed E-state index contributed by atoms with van der Waals surface area (Å²) in [5.41, 5.74) is 0. The van der Waals surface area contributed by atoms with Gasteiger partial charge in [-0.2, -0.15) is 0 Å². The molecule has 0 spiro atoms. The van der Waals surface area contributed by atoms with Crippen LogP contribution in [-0.2, 0) is 4.79 Å². The molecule has 2 amide bonds. The van der Waals surface area contributed by atoms with E-state index in [9.17, 15) is 9.59 Å². The molecule has 6 heteroatoms. The Kier molecular flexibility index (Phi) is 4.63. The lowest BCUT2D eigenvalue weighted by Gasteiger charge is -2.26. The monoisotopic (exact) mass is 270 g/mol. The fraction of sp³-hybridized carbons (Fsp3) is 0.846. The van der Waals surface area contributed by atoms with Crippen molar-refractivity contribution in [1.29, 1.82) is 0 Å². The molecule has 1 saturated heterocycles. The smallest absolute Gasteiger partial charge is 0.317 e. The van der Waals surface area contributed by atoms with E-state index in [2.05, 4.69) is 5.32 Å². The molecule has 1 aliphatic carbocycles. The van der Waals surface area contributed by atoms with Crippen molar-refractivity contribution in [2.45, 2.75) is 50.6 Å². The van der Waals surface area contributed by atoms with Crippen molar-refractivity contribution in [3.8, 4) is 0 Å². The van der Waals surface area contributed by atoms with E-state index in [4.69, 9.17) is 10.2 Å². The van der Waals surface area contributed by atoms with Gasteiger partial charge in [0.05, 0.1) is 5.92 Å². The predicted octanol–water partition coefficient (Wildman–Crippen LogP) is 0.796. The zero-order chi connectivity index (χ0) is 13.8. The Labute approximate surface area is 112 Å². The Morgan fingerprint density at radius 3 is 2.68 bits per heavy atom. The maximum absolute atomic E-state index is 12.1. The summed E-state index contributed by atoms with van der Waals surface area (Å²) in [6, 6.07) is -0.00219. The summed E-state index contributed by atoms with van der Waals surface area (Å²) in [7, 11) is 0. The lowest BCUT2D eigenvalue weighted by Crippen LogP contribution is -2.46. The average molecular weight is 270 g/mol. The zero-order valence-corrected chi connectivity index (χ0v) is 11.0. The van der Waals surface area contributed by atoms with Gasteiger partial charge in [0.1, 0.15) is 0 Å². The van der Waals surface area contributed by atoms with Crippen molar-refractivity contribution in [1.82, 2.24) is 10.2 Å². The van der Waals surface area contributed by atoms with Gasteiger partial charge in [0.15, 0.2) is 0 Å². The first-order chi connectivity index (χ1) is 9.11. The molecule has 0 aromatic carbocycles. The van der Waals surface area contributed by atoms with Crippen LogP contribution in [-0.4, -0.2) is 52.3 Å². The largest absolute Gasteiger partial charge is 0.481 e. The average Bonchev–Trinajstić information content (AvgIpc) is 2.98. The minimum Gasteiger partial charge on any atom is -0.481 e. The number of carboxylic acid groups (broad SMARTS) is 1. The van der Waals surface area contributed by atoms with Crippen LogP contribution >= 0.6 is 0 Å². The number of rotatable bonds is 4. The first-order valence-electron chi connectivity index (χ1n) is 7.02. The summed E-state index contributed by atoms with van der Waals surface area (Å²) < 4.78 is 0. The molecule has 2 fully saturated rings. The van der Waals surface area contributed by atoms with Crippen molar-refractivity contribution in [2.24, 2.45) is 5.92 Å². The second-order valence-corrected chi connectivity index (χ2v) is 5.50. The van der Waals surface area contributed by atoms with E-state index in [0.717, 1.165) is 25.8 Å². The Hall–Kier alpha value is -1.30. The van der Waals surface area contributed by atoms with Gasteiger partial charge in [0.25, 0.3) is 0 Å². The molecule has 1 unspecified atom stereocenters. The number of aliphatic carboxylic acids is 1. The highest BCUT2D eigenvalue weighted by molar-refractivity contribution is 5.76. The maximum atomic E-state index is 12.1. The molecular weight excluding hydrogens is 248 g/mol. The molecule has 3 atom stereocenters. The Morgan fingerprint density at radius 1 is 1.26 bits per heavy atom. The number of carbonyl (C=O) groups excluding carboxylic acids is 1. The summed E-state index contributed by atoms with van der Waals surface area (Å²) >= 11 is 0. The molecule has 6 nitrogen and oxygen atoms in total. The molecule has 1 saturated carbocycles. The van der Waals surface area contributed by atoms with Gasteiger partial charge in [-0.15, -0.1) is 0 Å². The number of hydrogen-bond acceptors (Lipinski definition) is 3. The first-order valence-corrected chi connectivity index (χ1v) is 7.02. The van der Waals surface area contributed by atoms with Crippen molar-refractivity contribution in [3.63, 3.8) is 0 Å². The number of hydrogen-bond donors (Lipinski definition) is 3. The highest BCUT2D eigenvalue weighted by Crippen LogP contribution is 2.26. The van der Waals surface area contributed by atoms with Gasteiger partial charge in [-0.25, -0.2) is 4.79 Å². The molecule has 0 aromatic heterocycles. The van der Waals surface area contributed by atoms with Gasteiger partial charge in [-0.3, -0.25) is 4.79 Å². The van der Waals surface area contributed by atoms with Gasteiger partial charge in [-0.1, -0.05) is 0 Å². The summed E-state index contributed by atoms with van der Waals surface area (Å²) in [6.45, 7) is 0.824. The fourth-order valence-corrected chi connectivity index (χ4v) is 3.15. The number of carboxylic acids is 1. The van der Waals surface area contributed by atoms with E-state index in [0.29, 0.717) is 19.3 Å². The standard InChI is InChI=1S/C13H22N2O4/c16-7-5-11-2-1-6-15(11)13(19)14-10-4-3-9(8-10)12(17)18/h9-11,16H,1-8H2,(H,14,19)(H,17,18)/t9-,10+,11?/m1/s1. The third-order valence-corrected chi connectivity index (χ3v) is 4.21. The van der Waals surface area contributed by atoms with Crippen LogP contribution in [0.15, 0.2) is 0 Å². The maximum Gasteiger partial charge on any atom is 0.317 e. The van der Waals surface area contributed by atoms with Gasteiger partial charge in [0, 0.05) is 25.2 Å². The van der Waals surface area contributed by atoms with Gasteiger partial charge < -0.3 is 20.4 Å². The lowest BCUT2D eigenvalue weighted by molar-refractivity contribution is -0.141. The van der Waals surface area contributed by atoms with Crippen LogP contribution in [0.2, 0.25) is 0 Å². The quantitative estimate of drug-likeness (QED) is 0.704. The SMILES string of the molecule is O=C(O)[C@@H]1CC[C@H](NC(=O)N2CCCC2CCO)C1. The third kappa shape index (κ3) is 3.37. The summed E-state index contributed by atoms with van der Waals surface area (Å²) in [4.78, 5) is 24.8. The van der Waals surface area contributed by atoms with Crippen LogP contribution in [0.5, 0.6) is 0 Å². The highest BCUT2D eigenvalue weighted by Gasteiger charge is 2.33. The first kappa shape index (κ1) is 14.1. The van der Waals surface area contributed by atoms with Crippen molar-refractivity contribution >= 4 is 12.0 Å². The van der Waals surface area contributed by atoms with Crippen molar-refractivity contribution in [3.05, 3.63) is 0 Å². The third-order valence-electron chi connectivity index (χ3n) is 4.21. The van der Waals surface area contributed by atoms with Crippen LogP contribution in [0.3, 0.4) is 0 Å². The van der Waals surface area contributed by atoms with E-state index in [1.54, 1.807) is 4.90 Å². The number of carbonyl (C=O) groups is 2. The predicted molar refractivity (Wildman–Crippen MR) is 68.7 cm³/mol. The number of aliphatic hydroxyl groups excluding tert-OH is 1. The van der Waals surface area contributed by atoms with E-state index in [1.165, 1.54) is 0 Å². The molecule has 19 heavy (non-hydrogen) atoms. The van der Waals surface area contributed by atoms with Gasteiger partial charge >= 0.3 is 12.0 Å².